The third kappa shape index (κ3) is 2.25. The van der Waals surface area contributed by atoms with Crippen LogP contribution in [0.2, 0.25) is 0 Å². The fourth-order valence-electron chi connectivity index (χ4n) is 1.21. The molecule has 7 heteroatoms. The first kappa shape index (κ1) is 11.1. The topological polar surface area (TPSA) is 65.4 Å². The second kappa shape index (κ2) is 3.90. The van der Waals surface area contributed by atoms with E-state index >= 15 is 0 Å². The molecule has 0 aliphatic carbocycles. The van der Waals surface area contributed by atoms with Crippen LogP contribution < -0.4 is 0 Å². The van der Waals surface area contributed by atoms with Crippen LogP contribution in [-0.4, -0.2) is 15.2 Å². The van der Waals surface area contributed by atoms with Gasteiger partial charge in [0.2, 0.25) is 0 Å². The summed E-state index contributed by atoms with van der Waals surface area (Å²) in [6.07, 6.45) is -3.19. The molecule has 4 nitrogen and oxygen atoms in total. The number of halogens is 3. The molecular weight excluding hydrogens is 233 g/mol. The number of H-pyrrole nitrogens is 1. The molecule has 1 N–H and O–H groups in total. The van der Waals surface area contributed by atoms with E-state index in [-0.39, 0.29) is 11.4 Å². The molecule has 0 saturated carbocycles. The first-order valence-corrected chi connectivity index (χ1v) is 4.50. The van der Waals surface area contributed by atoms with Gasteiger partial charge >= 0.3 is 6.18 Å². The number of nitriles is 1. The number of alkyl halides is 3. The Bertz CT molecular complexity index is 562. The molecule has 0 aliphatic rings. The zero-order valence-corrected chi connectivity index (χ0v) is 8.28. The summed E-state index contributed by atoms with van der Waals surface area (Å²) in [7, 11) is 0. The van der Waals surface area contributed by atoms with Crippen LogP contribution in [0.3, 0.4) is 0 Å². The number of nitrogens with one attached hydrogen (secondary N) is 1. The molecule has 0 radical (unpaired) electrons. The summed E-state index contributed by atoms with van der Waals surface area (Å²) in [6, 6.07) is 5.64. The molecular formula is C10H5F3N4. The lowest BCUT2D eigenvalue weighted by Gasteiger charge is -1.99. The van der Waals surface area contributed by atoms with Crippen molar-refractivity contribution in [3.8, 4) is 17.5 Å². The van der Waals surface area contributed by atoms with Crippen LogP contribution in [0.15, 0.2) is 24.4 Å². The van der Waals surface area contributed by atoms with Gasteiger partial charge in [-0.1, -0.05) is 0 Å². The lowest BCUT2D eigenvalue weighted by atomic mass is 10.2. The van der Waals surface area contributed by atoms with Crippen molar-refractivity contribution in [2.75, 3.05) is 0 Å². The first-order valence-electron chi connectivity index (χ1n) is 4.50. The number of aromatic amines is 1. The first-order chi connectivity index (χ1) is 8.00. The summed E-state index contributed by atoms with van der Waals surface area (Å²) in [6.45, 7) is 0. The molecule has 0 aliphatic heterocycles. The zero-order valence-electron chi connectivity index (χ0n) is 8.28. The average molecular weight is 238 g/mol. The van der Waals surface area contributed by atoms with Crippen LogP contribution in [0.5, 0.6) is 0 Å². The van der Waals surface area contributed by atoms with E-state index in [1.807, 2.05) is 11.2 Å². The van der Waals surface area contributed by atoms with Crippen molar-refractivity contribution >= 4 is 0 Å². The van der Waals surface area contributed by atoms with Gasteiger partial charge in [0.05, 0.1) is 11.3 Å². The van der Waals surface area contributed by atoms with E-state index in [1.165, 1.54) is 18.3 Å². The Morgan fingerprint density at radius 3 is 2.47 bits per heavy atom. The number of nitrogens with zero attached hydrogens (tertiary/aromatic N) is 3. The second-order valence-corrected chi connectivity index (χ2v) is 3.21. The van der Waals surface area contributed by atoms with E-state index in [0.29, 0.717) is 5.56 Å². The summed E-state index contributed by atoms with van der Waals surface area (Å²) in [5, 5.41) is 14.0. The minimum absolute atomic E-state index is 0.0850. The number of rotatable bonds is 1. The Kier molecular flexibility index (Phi) is 2.55. The Labute approximate surface area is 93.7 Å². The molecule has 0 spiro atoms. The highest BCUT2D eigenvalue weighted by molar-refractivity contribution is 5.55. The van der Waals surface area contributed by atoms with E-state index in [4.69, 9.17) is 5.26 Å². The normalized spacial score (nSPS) is 11.2. The Hall–Kier alpha value is -2.36. The fraction of sp³-hybridized carbons (Fsp3) is 0.100. The van der Waals surface area contributed by atoms with Crippen molar-refractivity contribution in [3.63, 3.8) is 0 Å². The van der Waals surface area contributed by atoms with Gasteiger partial charge in [-0.05, 0) is 18.2 Å². The highest BCUT2D eigenvalue weighted by Gasteiger charge is 2.33. The largest absolute Gasteiger partial charge is 0.432 e. The molecule has 0 unspecified atom stereocenters. The number of hydrogen-bond donors (Lipinski definition) is 1. The van der Waals surface area contributed by atoms with Gasteiger partial charge in [-0.25, -0.2) is 0 Å². The molecule has 0 saturated heterocycles. The van der Waals surface area contributed by atoms with Crippen molar-refractivity contribution < 1.29 is 13.2 Å². The van der Waals surface area contributed by atoms with Gasteiger partial charge in [-0.3, -0.25) is 10.1 Å². The SMILES string of the molecule is N#Cc1ccc(-c2cc(C(F)(F)F)[nH]n2)nc1. The van der Waals surface area contributed by atoms with Gasteiger partial charge in [0.15, 0.2) is 0 Å². The predicted octanol–water partition coefficient (Wildman–Crippen LogP) is 2.36. The van der Waals surface area contributed by atoms with Crippen LogP contribution in [0.4, 0.5) is 13.2 Å². The third-order valence-corrected chi connectivity index (χ3v) is 2.04. The lowest BCUT2D eigenvalue weighted by molar-refractivity contribution is -0.141. The molecule has 0 atom stereocenters. The van der Waals surface area contributed by atoms with Crippen molar-refractivity contribution in [2.45, 2.75) is 6.18 Å². The minimum atomic E-state index is -4.46. The van der Waals surface area contributed by atoms with E-state index in [1.54, 1.807) is 0 Å². The van der Waals surface area contributed by atoms with Crippen LogP contribution in [-0.2, 0) is 6.18 Å². The van der Waals surface area contributed by atoms with E-state index in [2.05, 4.69) is 10.1 Å². The predicted molar refractivity (Wildman–Crippen MR) is 51.5 cm³/mol. The van der Waals surface area contributed by atoms with Gasteiger partial charge in [-0.2, -0.15) is 23.5 Å². The van der Waals surface area contributed by atoms with Gasteiger partial charge < -0.3 is 0 Å². The summed E-state index contributed by atoms with van der Waals surface area (Å²) in [5.74, 6) is 0. The number of aromatic nitrogens is 3. The number of hydrogen-bond acceptors (Lipinski definition) is 3. The molecule has 0 bridgehead atoms. The quantitative estimate of drug-likeness (QED) is 0.829. The molecule has 2 heterocycles. The Balaban J connectivity index is 2.34. The molecule has 2 aromatic heterocycles. The molecule has 0 amide bonds. The average Bonchev–Trinajstić information content (AvgIpc) is 2.78. The van der Waals surface area contributed by atoms with Crippen LogP contribution in [0.1, 0.15) is 11.3 Å². The Morgan fingerprint density at radius 1 is 1.24 bits per heavy atom. The molecule has 0 aromatic carbocycles. The molecule has 17 heavy (non-hydrogen) atoms. The van der Waals surface area contributed by atoms with Gasteiger partial charge in [-0.15, -0.1) is 0 Å². The van der Waals surface area contributed by atoms with Crippen LogP contribution in [0.25, 0.3) is 11.4 Å². The summed E-state index contributed by atoms with van der Waals surface area (Å²) >= 11 is 0. The van der Waals surface area contributed by atoms with E-state index < -0.39 is 11.9 Å². The Morgan fingerprint density at radius 2 is 2.00 bits per heavy atom. The maximum absolute atomic E-state index is 12.3. The summed E-state index contributed by atoms with van der Waals surface area (Å²) < 4.78 is 36.9. The molecule has 2 rings (SSSR count). The maximum atomic E-state index is 12.3. The second-order valence-electron chi connectivity index (χ2n) is 3.21. The zero-order chi connectivity index (χ0) is 12.5. The van der Waals surface area contributed by atoms with Crippen molar-refractivity contribution in [1.29, 1.82) is 5.26 Å². The highest BCUT2D eigenvalue weighted by Crippen LogP contribution is 2.29. The lowest BCUT2D eigenvalue weighted by Crippen LogP contribution is -2.04. The summed E-state index contributed by atoms with van der Waals surface area (Å²) in [5.41, 5.74) is -0.239. The van der Waals surface area contributed by atoms with Gasteiger partial charge in [0, 0.05) is 6.20 Å². The van der Waals surface area contributed by atoms with Gasteiger partial charge in [0.25, 0.3) is 0 Å². The fourth-order valence-corrected chi connectivity index (χ4v) is 1.21. The smallest absolute Gasteiger partial charge is 0.273 e. The van der Waals surface area contributed by atoms with Crippen molar-refractivity contribution in [2.24, 2.45) is 0 Å². The monoisotopic (exact) mass is 238 g/mol. The van der Waals surface area contributed by atoms with E-state index in [9.17, 15) is 13.2 Å². The maximum Gasteiger partial charge on any atom is 0.432 e. The summed E-state index contributed by atoms with van der Waals surface area (Å²) in [4.78, 5) is 3.84. The molecule has 2 aromatic rings. The van der Waals surface area contributed by atoms with Crippen molar-refractivity contribution in [3.05, 3.63) is 35.7 Å². The van der Waals surface area contributed by atoms with Crippen LogP contribution >= 0.6 is 0 Å². The standard InChI is InChI=1S/C10H5F3N4/c11-10(12,13)9-3-8(16-17-9)7-2-1-6(4-14)5-15-7/h1-3,5H,(H,16,17). The third-order valence-electron chi connectivity index (χ3n) is 2.04. The molecule has 86 valence electrons. The molecule has 0 fully saturated rings. The van der Waals surface area contributed by atoms with Crippen molar-refractivity contribution in [1.82, 2.24) is 15.2 Å². The highest BCUT2D eigenvalue weighted by atomic mass is 19.4. The van der Waals surface area contributed by atoms with E-state index in [0.717, 1.165) is 6.07 Å². The number of pyridine rings is 1. The minimum Gasteiger partial charge on any atom is -0.273 e. The van der Waals surface area contributed by atoms with Crippen LogP contribution in [0, 0.1) is 11.3 Å². The van der Waals surface area contributed by atoms with Gasteiger partial charge in [0.1, 0.15) is 17.5 Å².